The zero-order chi connectivity index (χ0) is 43.2. The number of primary amides is 1. The molecular weight excluding hydrogens is 823 g/mol. The Hall–Kier alpha value is -5.65. The molecule has 1 amide bonds. The van der Waals surface area contributed by atoms with Crippen molar-refractivity contribution in [2.45, 2.75) is 50.6 Å². The van der Waals surface area contributed by atoms with E-state index >= 15 is 0 Å². The minimum Gasteiger partial charge on any atom is -0.456 e. The number of nitrogens with two attached hydrogens (primary N) is 1. The van der Waals surface area contributed by atoms with Crippen molar-refractivity contribution in [2.75, 3.05) is 49.5 Å². The fourth-order valence-electron chi connectivity index (χ4n) is 7.43. The summed E-state index contributed by atoms with van der Waals surface area (Å²) in [6.07, 6.45) is 0.547. The SMILES string of the molecule is CC1(C)CCC(CN2CCN(c3cccc(Oc4cnc5c(ccn5S(=O)(=O)c5ccc(NCCC(F)(F)F)c([N+](=O)[O-])c5)c4)c3)CC2)=C(c2ccc(Cl)cc2)C1.NC=O. The quantitative estimate of drug-likeness (QED) is 0.0703. The molecular formula is C42H45ClF3N7O6S. The van der Waals surface area contributed by atoms with Crippen molar-refractivity contribution in [3.8, 4) is 11.5 Å². The second-order valence-electron chi connectivity index (χ2n) is 15.4. The molecule has 13 nitrogen and oxygen atoms in total. The summed E-state index contributed by atoms with van der Waals surface area (Å²) in [6.45, 7) is 8.57. The highest BCUT2D eigenvalue weighted by Crippen LogP contribution is 2.43. The predicted molar refractivity (Wildman–Crippen MR) is 226 cm³/mol. The maximum absolute atomic E-state index is 13.6. The molecule has 3 N–H and O–H groups in total. The van der Waals surface area contributed by atoms with Gasteiger partial charge in [-0.15, -0.1) is 0 Å². The first-order valence-corrected chi connectivity index (χ1v) is 21.0. The number of anilines is 2. The molecule has 0 unspecified atom stereocenters. The van der Waals surface area contributed by atoms with Crippen LogP contribution in [0.2, 0.25) is 5.02 Å². The molecule has 2 aromatic heterocycles. The van der Waals surface area contributed by atoms with Crippen LogP contribution < -0.4 is 20.7 Å². The van der Waals surface area contributed by atoms with E-state index in [2.05, 4.69) is 57.9 Å². The summed E-state index contributed by atoms with van der Waals surface area (Å²) in [4.78, 5) is 28.2. The van der Waals surface area contributed by atoms with Crippen molar-refractivity contribution in [3.63, 3.8) is 0 Å². The van der Waals surface area contributed by atoms with E-state index in [0.717, 1.165) is 78.4 Å². The number of halogens is 4. The van der Waals surface area contributed by atoms with Crippen LogP contribution in [0.1, 0.15) is 45.1 Å². The number of carbonyl (C=O) groups is 1. The summed E-state index contributed by atoms with van der Waals surface area (Å²) < 4.78 is 72.1. The normalized spacial score (nSPS) is 15.9. The molecule has 60 heavy (non-hydrogen) atoms. The van der Waals surface area contributed by atoms with Crippen molar-refractivity contribution in [3.05, 3.63) is 118 Å². The Kier molecular flexibility index (Phi) is 13.4. The second kappa shape index (κ2) is 18.3. The Bertz CT molecular complexity index is 2490. The number of piperazine rings is 1. The average Bonchev–Trinajstić information content (AvgIpc) is 3.63. The number of nitrogens with one attached hydrogen (secondary N) is 1. The van der Waals surface area contributed by atoms with E-state index in [9.17, 15) is 31.7 Å². The number of pyridine rings is 1. The molecule has 18 heteroatoms. The number of benzene rings is 3. The van der Waals surface area contributed by atoms with E-state index in [1.807, 2.05) is 30.3 Å². The Balaban J connectivity index is 0.00000195. The molecule has 7 rings (SSSR count). The van der Waals surface area contributed by atoms with Crippen LogP contribution in [0, 0.1) is 15.5 Å². The molecule has 1 aliphatic heterocycles. The average molecular weight is 868 g/mol. The van der Waals surface area contributed by atoms with Crippen molar-refractivity contribution in [1.29, 1.82) is 0 Å². The smallest absolute Gasteiger partial charge is 0.390 e. The number of nitro groups is 1. The molecule has 0 bridgehead atoms. The van der Waals surface area contributed by atoms with Crippen LogP contribution in [0.4, 0.5) is 30.2 Å². The number of nitro benzene ring substituents is 1. The number of rotatable bonds is 12. The Morgan fingerprint density at radius 1 is 1.02 bits per heavy atom. The third-order valence-electron chi connectivity index (χ3n) is 10.5. The standard InChI is InChI=1S/C41H42ClF3N6O5S.CH3NO/c1-40(2)14-12-30(36(25-40)28-6-8-31(42)9-7-28)27-48-18-20-49(21-19-48)32-4-3-5-33(23-32)56-34-22-29-13-17-50(39(29)47-26-34)57(54,55)35-10-11-37(38(24-35)51(52)53)46-16-15-41(43,44)45;2-1-3/h3-11,13,17,22-24,26,46H,12,14-16,18-21,25,27H2,1-2H3;1H,(H2,2,3). The fourth-order valence-corrected chi connectivity index (χ4v) is 8.89. The van der Waals surface area contributed by atoms with E-state index < -0.39 is 44.7 Å². The lowest BCUT2D eigenvalue weighted by molar-refractivity contribution is -0.384. The zero-order valence-electron chi connectivity index (χ0n) is 33.0. The fraction of sp³-hybridized carbons (Fsp3) is 0.333. The summed E-state index contributed by atoms with van der Waals surface area (Å²) in [5.41, 5.74) is 8.82. The molecule has 5 aromatic rings. The molecule has 2 aliphatic rings. The largest absolute Gasteiger partial charge is 0.456 e. The van der Waals surface area contributed by atoms with Crippen LogP contribution in [-0.2, 0) is 14.8 Å². The molecule has 0 atom stereocenters. The first-order valence-electron chi connectivity index (χ1n) is 19.2. The summed E-state index contributed by atoms with van der Waals surface area (Å²) in [5, 5.41) is 15.3. The highest BCUT2D eigenvalue weighted by molar-refractivity contribution is 7.90. The predicted octanol–water partition coefficient (Wildman–Crippen LogP) is 8.88. The van der Waals surface area contributed by atoms with Crippen LogP contribution in [0.15, 0.2) is 102 Å². The maximum Gasteiger partial charge on any atom is 0.390 e. The topological polar surface area (TPSA) is 166 Å². The van der Waals surface area contributed by atoms with Gasteiger partial charge in [0.2, 0.25) is 6.41 Å². The number of amides is 1. The molecule has 1 aliphatic carbocycles. The molecule has 0 radical (unpaired) electrons. The van der Waals surface area contributed by atoms with Gasteiger partial charge in [-0.3, -0.25) is 19.8 Å². The van der Waals surface area contributed by atoms with Gasteiger partial charge in [-0.1, -0.05) is 49.2 Å². The van der Waals surface area contributed by atoms with Crippen LogP contribution in [0.25, 0.3) is 16.6 Å². The van der Waals surface area contributed by atoms with Gasteiger partial charge in [0.05, 0.1) is 22.4 Å². The van der Waals surface area contributed by atoms with Crippen molar-refractivity contribution < 1.29 is 36.0 Å². The first-order chi connectivity index (χ1) is 28.5. The number of alkyl halides is 3. The summed E-state index contributed by atoms with van der Waals surface area (Å²) in [6, 6.07) is 22.2. The van der Waals surface area contributed by atoms with Gasteiger partial charge in [-0.2, -0.15) is 13.2 Å². The Morgan fingerprint density at radius 2 is 1.73 bits per heavy atom. The van der Waals surface area contributed by atoms with Gasteiger partial charge in [0.1, 0.15) is 17.2 Å². The number of hydrogen-bond donors (Lipinski definition) is 2. The number of nitrogens with zero attached hydrogens (tertiary/aromatic N) is 5. The third kappa shape index (κ3) is 10.7. The molecule has 3 aromatic carbocycles. The van der Waals surface area contributed by atoms with E-state index in [1.54, 1.807) is 6.07 Å². The highest BCUT2D eigenvalue weighted by atomic mass is 35.5. The minimum atomic E-state index is -4.46. The van der Waals surface area contributed by atoms with E-state index in [0.29, 0.717) is 16.9 Å². The number of carbonyl (C=O) groups excluding carboxylic acids is 1. The van der Waals surface area contributed by atoms with Crippen LogP contribution in [0.3, 0.4) is 0 Å². The molecule has 0 saturated carbocycles. The van der Waals surface area contributed by atoms with E-state index in [-0.39, 0.29) is 23.2 Å². The third-order valence-corrected chi connectivity index (χ3v) is 12.4. The number of ether oxygens (including phenoxy) is 1. The molecule has 1 fully saturated rings. The lowest BCUT2D eigenvalue weighted by Crippen LogP contribution is -2.47. The first kappa shape index (κ1) is 43.9. The summed E-state index contributed by atoms with van der Waals surface area (Å²) in [5.74, 6) is 0.965. The summed E-state index contributed by atoms with van der Waals surface area (Å²) >= 11 is 6.20. The van der Waals surface area contributed by atoms with E-state index in [4.69, 9.17) is 21.1 Å². The monoisotopic (exact) mass is 867 g/mol. The van der Waals surface area contributed by atoms with Gasteiger partial charge in [0.15, 0.2) is 5.65 Å². The molecule has 0 spiro atoms. The zero-order valence-corrected chi connectivity index (χ0v) is 34.6. The van der Waals surface area contributed by atoms with Crippen LogP contribution in [-0.4, -0.2) is 79.1 Å². The van der Waals surface area contributed by atoms with Gasteiger partial charge in [-0.05, 0) is 84.3 Å². The van der Waals surface area contributed by atoms with Gasteiger partial charge >= 0.3 is 6.18 Å². The number of aromatic nitrogens is 2. The van der Waals surface area contributed by atoms with Crippen molar-refractivity contribution in [2.24, 2.45) is 11.1 Å². The lowest BCUT2D eigenvalue weighted by atomic mass is 9.72. The van der Waals surface area contributed by atoms with Gasteiger partial charge in [-0.25, -0.2) is 17.4 Å². The van der Waals surface area contributed by atoms with E-state index in [1.165, 1.54) is 41.6 Å². The van der Waals surface area contributed by atoms with Gasteiger partial charge in [0.25, 0.3) is 15.7 Å². The number of allylic oxidation sites excluding steroid dienone is 1. The summed E-state index contributed by atoms with van der Waals surface area (Å²) in [7, 11) is -4.38. The second-order valence-corrected chi connectivity index (χ2v) is 17.6. The lowest BCUT2D eigenvalue weighted by Gasteiger charge is -2.39. The number of fused-ring (bicyclic) bond motifs is 1. The maximum atomic E-state index is 13.6. The van der Waals surface area contributed by atoms with Crippen LogP contribution in [0.5, 0.6) is 11.5 Å². The van der Waals surface area contributed by atoms with Gasteiger partial charge in [0, 0.05) is 73.7 Å². The number of hydrogen-bond acceptors (Lipinski definition) is 10. The van der Waals surface area contributed by atoms with Gasteiger partial charge < -0.3 is 20.7 Å². The van der Waals surface area contributed by atoms with Crippen molar-refractivity contribution in [1.82, 2.24) is 13.9 Å². The molecule has 318 valence electrons. The minimum absolute atomic E-state index is 0.0667. The molecule has 3 heterocycles. The van der Waals surface area contributed by atoms with Crippen molar-refractivity contribution >= 4 is 61.7 Å². The Morgan fingerprint density at radius 3 is 2.42 bits per heavy atom. The van der Waals surface area contributed by atoms with Crippen LogP contribution >= 0.6 is 11.6 Å². The Labute approximate surface area is 350 Å². The highest BCUT2D eigenvalue weighted by Gasteiger charge is 2.30. The molecule has 1 saturated heterocycles.